The van der Waals surface area contributed by atoms with Gasteiger partial charge in [-0.2, -0.15) is 0 Å². The Morgan fingerprint density at radius 2 is 2.33 bits per heavy atom. The Morgan fingerprint density at radius 1 is 1.53 bits per heavy atom. The molecule has 2 N–H and O–H groups in total. The van der Waals surface area contributed by atoms with Crippen LogP contribution in [-0.2, 0) is 0 Å². The van der Waals surface area contributed by atoms with Crippen LogP contribution in [0.4, 0.5) is 0 Å². The van der Waals surface area contributed by atoms with Gasteiger partial charge in [0.15, 0.2) is 11.5 Å². The van der Waals surface area contributed by atoms with E-state index in [1.165, 1.54) is 0 Å². The van der Waals surface area contributed by atoms with Crippen LogP contribution in [-0.4, -0.2) is 11.5 Å². The van der Waals surface area contributed by atoms with Crippen molar-refractivity contribution in [1.82, 2.24) is 4.98 Å². The number of hydrogen-bond acceptors (Lipinski definition) is 3. The van der Waals surface area contributed by atoms with E-state index in [0.717, 1.165) is 27.9 Å². The third-order valence-electron chi connectivity index (χ3n) is 2.49. The molecular weight excluding hydrogens is 256 g/mol. The number of halogens is 1. The van der Waals surface area contributed by atoms with Crippen LogP contribution < -0.4 is 5.73 Å². The minimum Gasteiger partial charge on any atom is -0.440 e. The van der Waals surface area contributed by atoms with Gasteiger partial charge in [0.2, 0.25) is 0 Å². The highest BCUT2D eigenvalue weighted by atomic mass is 79.9. The van der Waals surface area contributed by atoms with Gasteiger partial charge in [-0.15, -0.1) is 0 Å². The van der Waals surface area contributed by atoms with Gasteiger partial charge in [0.25, 0.3) is 0 Å². The van der Waals surface area contributed by atoms with E-state index in [9.17, 15) is 0 Å². The molecule has 0 radical (unpaired) electrons. The highest BCUT2D eigenvalue weighted by Crippen LogP contribution is 2.25. The SMILES string of the molecule is CCC(CN)c1nc2cc(Br)ccc2o1. The largest absolute Gasteiger partial charge is 0.440 e. The summed E-state index contributed by atoms with van der Waals surface area (Å²) in [4.78, 5) is 4.44. The predicted molar refractivity (Wildman–Crippen MR) is 63.8 cm³/mol. The first-order valence-electron chi connectivity index (χ1n) is 5.00. The molecule has 2 aromatic rings. The Hall–Kier alpha value is -0.870. The molecule has 15 heavy (non-hydrogen) atoms. The molecule has 0 bridgehead atoms. The number of oxazole rings is 1. The van der Waals surface area contributed by atoms with Gasteiger partial charge < -0.3 is 10.2 Å². The van der Waals surface area contributed by atoms with Crippen molar-refractivity contribution in [1.29, 1.82) is 0 Å². The summed E-state index contributed by atoms with van der Waals surface area (Å²) < 4.78 is 6.66. The number of nitrogens with two attached hydrogens (primary N) is 1. The maximum Gasteiger partial charge on any atom is 0.199 e. The Bertz CT molecular complexity index is 463. The molecule has 1 atom stereocenters. The lowest BCUT2D eigenvalue weighted by Crippen LogP contribution is -2.11. The summed E-state index contributed by atoms with van der Waals surface area (Å²) in [6.45, 7) is 2.66. The van der Waals surface area contributed by atoms with Crippen molar-refractivity contribution in [3.05, 3.63) is 28.6 Å². The van der Waals surface area contributed by atoms with E-state index >= 15 is 0 Å². The average molecular weight is 269 g/mol. The van der Waals surface area contributed by atoms with Crippen molar-refractivity contribution in [2.75, 3.05) is 6.54 Å². The molecule has 3 nitrogen and oxygen atoms in total. The molecule has 1 heterocycles. The maximum absolute atomic E-state index is 5.66. The lowest BCUT2D eigenvalue weighted by Gasteiger charge is -2.05. The number of rotatable bonds is 3. The van der Waals surface area contributed by atoms with Crippen LogP contribution in [0.15, 0.2) is 27.1 Å². The fourth-order valence-corrected chi connectivity index (χ4v) is 1.88. The van der Waals surface area contributed by atoms with E-state index in [2.05, 4.69) is 27.8 Å². The van der Waals surface area contributed by atoms with Crippen LogP contribution in [0.1, 0.15) is 25.2 Å². The van der Waals surface area contributed by atoms with Crippen molar-refractivity contribution in [3.63, 3.8) is 0 Å². The van der Waals surface area contributed by atoms with Crippen LogP contribution in [0.25, 0.3) is 11.1 Å². The van der Waals surface area contributed by atoms with Crippen LogP contribution in [0.3, 0.4) is 0 Å². The van der Waals surface area contributed by atoms with Gasteiger partial charge in [0, 0.05) is 16.9 Å². The number of hydrogen-bond donors (Lipinski definition) is 1. The zero-order valence-corrected chi connectivity index (χ0v) is 10.1. The summed E-state index contributed by atoms with van der Waals surface area (Å²) in [5.74, 6) is 0.962. The molecule has 0 saturated heterocycles. The van der Waals surface area contributed by atoms with E-state index in [1.807, 2.05) is 18.2 Å². The summed E-state index contributed by atoms with van der Waals surface area (Å²) in [5.41, 5.74) is 7.36. The Morgan fingerprint density at radius 3 is 3.00 bits per heavy atom. The number of nitrogens with zero attached hydrogens (tertiary/aromatic N) is 1. The lowest BCUT2D eigenvalue weighted by molar-refractivity contribution is 0.465. The Kier molecular flexibility index (Phi) is 3.07. The van der Waals surface area contributed by atoms with Gasteiger partial charge in [-0.05, 0) is 24.6 Å². The van der Waals surface area contributed by atoms with E-state index in [-0.39, 0.29) is 5.92 Å². The van der Waals surface area contributed by atoms with E-state index in [1.54, 1.807) is 0 Å². The Labute approximate surface area is 96.8 Å². The van der Waals surface area contributed by atoms with Gasteiger partial charge in [0.1, 0.15) is 5.52 Å². The maximum atomic E-state index is 5.66. The fraction of sp³-hybridized carbons (Fsp3) is 0.364. The second kappa shape index (κ2) is 4.33. The second-order valence-corrected chi connectivity index (χ2v) is 4.42. The molecule has 80 valence electrons. The molecule has 0 aliphatic rings. The van der Waals surface area contributed by atoms with E-state index in [0.29, 0.717) is 6.54 Å². The molecule has 1 aromatic carbocycles. The number of benzene rings is 1. The molecule has 0 spiro atoms. The third-order valence-corrected chi connectivity index (χ3v) is 2.99. The molecule has 0 amide bonds. The van der Waals surface area contributed by atoms with E-state index in [4.69, 9.17) is 10.2 Å². The van der Waals surface area contributed by atoms with Gasteiger partial charge in [-0.25, -0.2) is 4.98 Å². The van der Waals surface area contributed by atoms with Crippen molar-refractivity contribution in [2.24, 2.45) is 5.73 Å². The first kappa shape index (κ1) is 10.6. The van der Waals surface area contributed by atoms with Crippen molar-refractivity contribution in [2.45, 2.75) is 19.3 Å². The zero-order chi connectivity index (χ0) is 10.8. The fourth-order valence-electron chi connectivity index (χ4n) is 1.54. The molecule has 0 fully saturated rings. The lowest BCUT2D eigenvalue weighted by atomic mass is 10.1. The predicted octanol–water partition coefficient (Wildman–Crippen LogP) is 3.04. The first-order valence-corrected chi connectivity index (χ1v) is 5.80. The topological polar surface area (TPSA) is 52.0 Å². The first-order chi connectivity index (χ1) is 7.24. The Balaban J connectivity index is 2.46. The summed E-state index contributed by atoms with van der Waals surface area (Å²) in [5, 5.41) is 0. The molecule has 2 rings (SSSR count). The van der Waals surface area contributed by atoms with Crippen LogP contribution in [0.5, 0.6) is 0 Å². The monoisotopic (exact) mass is 268 g/mol. The molecule has 0 aliphatic heterocycles. The van der Waals surface area contributed by atoms with Crippen LogP contribution in [0.2, 0.25) is 0 Å². The molecule has 0 aliphatic carbocycles. The second-order valence-electron chi connectivity index (χ2n) is 3.51. The van der Waals surface area contributed by atoms with Gasteiger partial charge in [-0.1, -0.05) is 22.9 Å². The number of aromatic nitrogens is 1. The molecule has 1 unspecified atom stereocenters. The van der Waals surface area contributed by atoms with Crippen molar-refractivity contribution >= 4 is 27.0 Å². The summed E-state index contributed by atoms with van der Waals surface area (Å²) in [6.07, 6.45) is 0.949. The highest BCUT2D eigenvalue weighted by Gasteiger charge is 2.14. The molecular formula is C11H13BrN2O. The molecule has 1 aromatic heterocycles. The normalized spacial score (nSPS) is 13.3. The summed E-state index contributed by atoms with van der Waals surface area (Å²) in [6, 6.07) is 5.81. The van der Waals surface area contributed by atoms with Gasteiger partial charge >= 0.3 is 0 Å². The minimum absolute atomic E-state index is 0.219. The van der Waals surface area contributed by atoms with Gasteiger partial charge in [-0.3, -0.25) is 0 Å². The average Bonchev–Trinajstić information content (AvgIpc) is 2.62. The van der Waals surface area contributed by atoms with E-state index < -0.39 is 0 Å². The zero-order valence-electron chi connectivity index (χ0n) is 8.53. The van der Waals surface area contributed by atoms with Crippen molar-refractivity contribution in [3.8, 4) is 0 Å². The van der Waals surface area contributed by atoms with Gasteiger partial charge in [0.05, 0.1) is 0 Å². The highest BCUT2D eigenvalue weighted by molar-refractivity contribution is 9.10. The quantitative estimate of drug-likeness (QED) is 0.931. The van der Waals surface area contributed by atoms with Crippen LogP contribution >= 0.6 is 15.9 Å². The third kappa shape index (κ3) is 2.06. The van der Waals surface area contributed by atoms with Crippen LogP contribution in [0, 0.1) is 0 Å². The summed E-state index contributed by atoms with van der Waals surface area (Å²) in [7, 11) is 0. The smallest absolute Gasteiger partial charge is 0.199 e. The summed E-state index contributed by atoms with van der Waals surface area (Å²) >= 11 is 3.41. The standard InChI is InChI=1S/C11H13BrN2O/c1-2-7(6-13)11-14-9-5-8(12)3-4-10(9)15-11/h3-5,7H,2,6,13H2,1H3. The molecule has 0 saturated carbocycles. The molecule has 4 heteroatoms. The number of fused-ring (bicyclic) bond motifs is 1. The van der Waals surface area contributed by atoms with Crippen molar-refractivity contribution < 1.29 is 4.42 Å². The minimum atomic E-state index is 0.219.